The summed E-state index contributed by atoms with van der Waals surface area (Å²) >= 11 is 1.44. The predicted octanol–water partition coefficient (Wildman–Crippen LogP) is 3.05. The lowest BCUT2D eigenvalue weighted by atomic mass is 10.2. The molecule has 4 rings (SSSR count). The molecule has 27 heavy (non-hydrogen) atoms. The van der Waals surface area contributed by atoms with Gasteiger partial charge in [-0.05, 0) is 24.3 Å². The molecule has 7 nitrogen and oxygen atoms in total. The molecule has 0 N–H and O–H groups in total. The first-order chi connectivity index (χ1) is 13.2. The van der Waals surface area contributed by atoms with Crippen molar-refractivity contribution >= 4 is 28.4 Å². The Bertz CT molecular complexity index is 1240. The van der Waals surface area contributed by atoms with Crippen LogP contribution in [0.15, 0.2) is 58.5 Å². The van der Waals surface area contributed by atoms with Crippen molar-refractivity contribution in [3.05, 3.63) is 58.9 Å². The molecule has 8 heteroatoms. The molecule has 2 aromatic carbocycles. The molecule has 0 atom stereocenters. The molecule has 0 fully saturated rings. The minimum absolute atomic E-state index is 0.174. The maximum absolute atomic E-state index is 13.2. The summed E-state index contributed by atoms with van der Waals surface area (Å²) < 4.78 is 8.69. The highest BCUT2D eigenvalue weighted by molar-refractivity contribution is 7.99. The molecular formula is C19H15N5O2S. The largest absolute Gasteiger partial charge is 0.497 e. The van der Waals surface area contributed by atoms with Gasteiger partial charge < -0.3 is 4.74 Å². The number of thioether (sulfide) groups is 1. The van der Waals surface area contributed by atoms with Crippen LogP contribution >= 0.6 is 11.8 Å². The van der Waals surface area contributed by atoms with Crippen LogP contribution in [0.4, 0.5) is 0 Å². The normalized spacial score (nSPS) is 11.0. The Balaban J connectivity index is 2.04. The van der Waals surface area contributed by atoms with Gasteiger partial charge in [-0.2, -0.15) is 5.26 Å². The first kappa shape index (κ1) is 17.1. The van der Waals surface area contributed by atoms with Gasteiger partial charge in [-0.25, -0.2) is 4.57 Å². The van der Waals surface area contributed by atoms with Gasteiger partial charge in [0, 0.05) is 18.2 Å². The van der Waals surface area contributed by atoms with E-state index in [0.29, 0.717) is 39.9 Å². The third-order valence-electron chi connectivity index (χ3n) is 4.15. The molecule has 0 unspecified atom stereocenters. The Hall–Kier alpha value is -3.31. The van der Waals surface area contributed by atoms with E-state index in [1.165, 1.54) is 16.3 Å². The summed E-state index contributed by atoms with van der Waals surface area (Å²) in [7, 11) is 1.58. The van der Waals surface area contributed by atoms with Crippen LogP contribution < -0.4 is 10.3 Å². The smallest absolute Gasteiger partial charge is 0.267 e. The molecule has 0 amide bonds. The molecule has 0 saturated carbocycles. The van der Waals surface area contributed by atoms with E-state index in [-0.39, 0.29) is 5.56 Å². The summed E-state index contributed by atoms with van der Waals surface area (Å²) in [6, 6.07) is 16.8. The average Bonchev–Trinajstić information content (AvgIpc) is 3.12. The average molecular weight is 377 g/mol. The molecule has 0 spiro atoms. The third-order valence-corrected chi connectivity index (χ3v) is 5.08. The highest BCUT2D eigenvalue weighted by Crippen LogP contribution is 2.24. The zero-order valence-electron chi connectivity index (χ0n) is 14.5. The molecule has 0 radical (unpaired) electrons. The van der Waals surface area contributed by atoms with E-state index in [0.717, 1.165) is 5.52 Å². The Morgan fingerprint density at radius 1 is 1.19 bits per heavy atom. The SMILES string of the molecule is COc1cccc(-n2c(=O)c3ccccc3n3c(SCCC#N)nnc23)c1. The Morgan fingerprint density at radius 2 is 2.04 bits per heavy atom. The molecule has 0 aliphatic rings. The molecule has 0 aliphatic carbocycles. The van der Waals surface area contributed by atoms with Gasteiger partial charge in [0.25, 0.3) is 5.56 Å². The van der Waals surface area contributed by atoms with Crippen LogP contribution in [0.3, 0.4) is 0 Å². The van der Waals surface area contributed by atoms with Crippen LogP contribution in [0.1, 0.15) is 6.42 Å². The number of hydrogen-bond donors (Lipinski definition) is 0. The van der Waals surface area contributed by atoms with Crippen molar-refractivity contribution in [2.24, 2.45) is 0 Å². The van der Waals surface area contributed by atoms with Gasteiger partial charge in [0.2, 0.25) is 5.78 Å². The van der Waals surface area contributed by atoms with Crippen LogP contribution in [0, 0.1) is 11.3 Å². The number of nitrogens with zero attached hydrogens (tertiary/aromatic N) is 5. The number of rotatable bonds is 5. The maximum Gasteiger partial charge on any atom is 0.267 e. The highest BCUT2D eigenvalue weighted by Gasteiger charge is 2.18. The van der Waals surface area contributed by atoms with Crippen LogP contribution in [0.2, 0.25) is 0 Å². The second kappa shape index (κ2) is 7.13. The van der Waals surface area contributed by atoms with Crippen LogP contribution in [-0.4, -0.2) is 32.0 Å². The summed E-state index contributed by atoms with van der Waals surface area (Å²) in [5.74, 6) is 1.67. The van der Waals surface area contributed by atoms with Crippen molar-refractivity contribution in [3.63, 3.8) is 0 Å². The number of hydrogen-bond acceptors (Lipinski definition) is 6. The molecule has 2 heterocycles. The van der Waals surface area contributed by atoms with Crippen molar-refractivity contribution in [1.29, 1.82) is 5.26 Å². The fraction of sp³-hybridized carbons (Fsp3) is 0.158. The molecule has 2 aromatic heterocycles. The van der Waals surface area contributed by atoms with Crippen LogP contribution in [0.25, 0.3) is 22.4 Å². The van der Waals surface area contributed by atoms with Gasteiger partial charge in [0.15, 0.2) is 5.16 Å². The lowest BCUT2D eigenvalue weighted by Crippen LogP contribution is -2.21. The van der Waals surface area contributed by atoms with E-state index in [2.05, 4.69) is 16.3 Å². The summed E-state index contributed by atoms with van der Waals surface area (Å²) in [5.41, 5.74) is 1.21. The lowest BCUT2D eigenvalue weighted by molar-refractivity contribution is 0.414. The minimum Gasteiger partial charge on any atom is -0.497 e. The van der Waals surface area contributed by atoms with Crippen LogP contribution in [0.5, 0.6) is 5.75 Å². The lowest BCUT2D eigenvalue weighted by Gasteiger charge is -2.12. The maximum atomic E-state index is 13.2. The number of nitriles is 1. The van der Waals surface area contributed by atoms with Crippen molar-refractivity contribution < 1.29 is 4.74 Å². The van der Waals surface area contributed by atoms with Gasteiger partial charge in [-0.3, -0.25) is 9.20 Å². The standard InChI is InChI=1S/C19H15N5O2S/c1-26-14-7-4-6-13(12-14)23-17(25)15-8-2-3-9-16(15)24-18(23)21-22-19(24)27-11-5-10-20/h2-4,6-9,12H,5,11H2,1H3. The van der Waals surface area contributed by atoms with E-state index >= 15 is 0 Å². The zero-order chi connectivity index (χ0) is 18.8. The summed E-state index contributed by atoms with van der Waals surface area (Å²) in [5, 5.41) is 18.5. The highest BCUT2D eigenvalue weighted by atomic mass is 32.2. The summed E-state index contributed by atoms with van der Waals surface area (Å²) in [4.78, 5) is 13.2. The number of methoxy groups -OCH3 is 1. The van der Waals surface area contributed by atoms with Gasteiger partial charge in [-0.1, -0.05) is 30.0 Å². The summed E-state index contributed by atoms with van der Waals surface area (Å²) in [6.07, 6.45) is 0.410. The Kier molecular flexibility index (Phi) is 4.52. The molecule has 4 aromatic rings. The first-order valence-corrected chi connectivity index (χ1v) is 9.26. The number of ether oxygens (including phenoxy) is 1. The molecular weight excluding hydrogens is 362 g/mol. The molecule has 0 saturated heterocycles. The number of para-hydroxylation sites is 1. The topological polar surface area (TPSA) is 85.2 Å². The second-order valence-electron chi connectivity index (χ2n) is 5.73. The van der Waals surface area contributed by atoms with E-state index in [1.807, 2.05) is 40.8 Å². The van der Waals surface area contributed by atoms with Gasteiger partial charge in [-0.15, -0.1) is 10.2 Å². The Morgan fingerprint density at radius 3 is 2.85 bits per heavy atom. The van der Waals surface area contributed by atoms with Gasteiger partial charge in [0.1, 0.15) is 5.75 Å². The molecule has 0 bridgehead atoms. The molecule has 134 valence electrons. The van der Waals surface area contributed by atoms with Crippen molar-refractivity contribution in [2.45, 2.75) is 11.6 Å². The quantitative estimate of drug-likeness (QED) is 0.393. The van der Waals surface area contributed by atoms with Gasteiger partial charge in [0.05, 0.1) is 29.8 Å². The molecule has 0 aliphatic heterocycles. The van der Waals surface area contributed by atoms with E-state index in [9.17, 15) is 4.79 Å². The van der Waals surface area contributed by atoms with E-state index in [4.69, 9.17) is 10.00 Å². The van der Waals surface area contributed by atoms with E-state index in [1.54, 1.807) is 19.2 Å². The Labute approximate surface area is 158 Å². The van der Waals surface area contributed by atoms with Crippen molar-refractivity contribution in [2.75, 3.05) is 12.9 Å². The third kappa shape index (κ3) is 2.92. The first-order valence-electron chi connectivity index (χ1n) is 8.27. The number of fused-ring (bicyclic) bond motifs is 3. The monoisotopic (exact) mass is 377 g/mol. The van der Waals surface area contributed by atoms with Crippen molar-refractivity contribution in [3.8, 4) is 17.5 Å². The predicted molar refractivity (Wildman–Crippen MR) is 104 cm³/mol. The van der Waals surface area contributed by atoms with Crippen LogP contribution in [-0.2, 0) is 0 Å². The number of benzene rings is 2. The van der Waals surface area contributed by atoms with Gasteiger partial charge >= 0.3 is 0 Å². The van der Waals surface area contributed by atoms with Crippen molar-refractivity contribution in [1.82, 2.24) is 19.2 Å². The fourth-order valence-corrected chi connectivity index (χ4v) is 3.73. The fourth-order valence-electron chi connectivity index (χ4n) is 2.94. The zero-order valence-corrected chi connectivity index (χ0v) is 15.3. The van der Waals surface area contributed by atoms with E-state index < -0.39 is 0 Å². The minimum atomic E-state index is -0.174. The summed E-state index contributed by atoms with van der Waals surface area (Å²) in [6.45, 7) is 0. The second-order valence-corrected chi connectivity index (χ2v) is 6.80. The number of aromatic nitrogens is 4.